The zero-order valence-corrected chi connectivity index (χ0v) is 15.0. The van der Waals surface area contributed by atoms with E-state index in [1.54, 1.807) is 36.4 Å². The van der Waals surface area contributed by atoms with Gasteiger partial charge < -0.3 is 10.4 Å². The van der Waals surface area contributed by atoms with E-state index in [4.69, 9.17) is 11.6 Å². The van der Waals surface area contributed by atoms with Crippen LogP contribution in [0.3, 0.4) is 0 Å². The van der Waals surface area contributed by atoms with Crippen LogP contribution in [0, 0.1) is 0 Å². The average molecular weight is 381 g/mol. The van der Waals surface area contributed by atoms with Gasteiger partial charge in [0.05, 0.1) is 15.8 Å². The summed E-state index contributed by atoms with van der Waals surface area (Å²) >= 11 is 7.34. The fraction of sp³-hybridized carbons (Fsp3) is 0. The highest BCUT2D eigenvalue weighted by molar-refractivity contribution is 7.21. The second-order valence-electron chi connectivity index (χ2n) is 5.68. The number of rotatable bonds is 3. The van der Waals surface area contributed by atoms with Crippen LogP contribution in [0.1, 0.15) is 10.4 Å². The molecule has 4 rings (SSSR count). The van der Waals surface area contributed by atoms with E-state index in [0.29, 0.717) is 21.8 Å². The molecule has 1 aromatic heterocycles. The summed E-state index contributed by atoms with van der Waals surface area (Å²) in [6.45, 7) is 0. The number of nitrogens with one attached hydrogen (secondary N) is 1. The smallest absolute Gasteiger partial charge is 0.255 e. The molecule has 0 fully saturated rings. The summed E-state index contributed by atoms with van der Waals surface area (Å²) in [5, 5.41) is 14.5. The van der Waals surface area contributed by atoms with Crippen molar-refractivity contribution >= 4 is 44.7 Å². The second-order valence-corrected chi connectivity index (χ2v) is 7.15. The summed E-state index contributed by atoms with van der Waals surface area (Å²) < 4.78 is 1.06. The monoisotopic (exact) mass is 380 g/mol. The first kappa shape index (κ1) is 16.6. The molecular formula is C20H13ClN2O2S. The Morgan fingerprint density at radius 3 is 2.54 bits per heavy atom. The molecule has 0 unspecified atom stereocenters. The Morgan fingerprint density at radius 1 is 1.04 bits per heavy atom. The van der Waals surface area contributed by atoms with E-state index < -0.39 is 0 Å². The van der Waals surface area contributed by atoms with Crippen LogP contribution in [-0.2, 0) is 0 Å². The van der Waals surface area contributed by atoms with E-state index >= 15 is 0 Å². The van der Waals surface area contributed by atoms with Crippen molar-refractivity contribution in [2.75, 3.05) is 5.32 Å². The van der Waals surface area contributed by atoms with E-state index in [-0.39, 0.29) is 11.7 Å². The Kier molecular flexibility index (Phi) is 4.32. The maximum Gasteiger partial charge on any atom is 0.255 e. The number of benzene rings is 3. The Bertz CT molecular complexity index is 1070. The van der Waals surface area contributed by atoms with Crippen LogP contribution in [-0.4, -0.2) is 16.0 Å². The number of aromatic hydroxyl groups is 1. The Morgan fingerprint density at radius 2 is 1.81 bits per heavy atom. The summed E-state index contributed by atoms with van der Waals surface area (Å²) in [6.07, 6.45) is 0. The van der Waals surface area contributed by atoms with Crippen LogP contribution >= 0.6 is 22.9 Å². The van der Waals surface area contributed by atoms with Crippen molar-refractivity contribution in [1.82, 2.24) is 4.98 Å². The van der Waals surface area contributed by atoms with Crippen LogP contribution in [0.15, 0.2) is 66.7 Å². The summed E-state index contributed by atoms with van der Waals surface area (Å²) in [5.41, 5.74) is 2.53. The molecule has 1 amide bonds. The number of anilines is 1. The standard InChI is InChI=1S/C20H13ClN2O2S/c21-13-7-5-12(6-8-13)19(25)22-14-9-10-15(17(24)11-14)20-23-16-3-1-2-4-18(16)26-20/h1-11,24H,(H,22,25). The zero-order chi connectivity index (χ0) is 18.1. The topological polar surface area (TPSA) is 62.2 Å². The molecule has 0 saturated heterocycles. The Hall–Kier alpha value is -2.89. The highest BCUT2D eigenvalue weighted by Crippen LogP contribution is 2.36. The van der Waals surface area contributed by atoms with Crippen molar-refractivity contribution in [3.8, 4) is 16.3 Å². The van der Waals surface area contributed by atoms with E-state index in [0.717, 1.165) is 15.2 Å². The minimum Gasteiger partial charge on any atom is -0.507 e. The first-order valence-corrected chi connectivity index (χ1v) is 9.05. The van der Waals surface area contributed by atoms with Gasteiger partial charge in [0, 0.05) is 22.3 Å². The fourth-order valence-electron chi connectivity index (χ4n) is 2.58. The highest BCUT2D eigenvalue weighted by atomic mass is 35.5. The van der Waals surface area contributed by atoms with Crippen LogP contribution in [0.25, 0.3) is 20.8 Å². The number of phenols is 1. The van der Waals surface area contributed by atoms with Gasteiger partial charge in [-0.25, -0.2) is 4.98 Å². The van der Waals surface area contributed by atoms with Gasteiger partial charge in [-0.3, -0.25) is 4.79 Å². The number of thiazole rings is 1. The minimum absolute atomic E-state index is 0.0676. The second kappa shape index (κ2) is 6.78. The molecule has 26 heavy (non-hydrogen) atoms. The van der Waals surface area contributed by atoms with Gasteiger partial charge >= 0.3 is 0 Å². The number of carbonyl (C=O) groups excluding carboxylic acids is 1. The van der Waals surface area contributed by atoms with Gasteiger partial charge in [-0.15, -0.1) is 11.3 Å². The molecular weight excluding hydrogens is 368 g/mol. The molecule has 0 radical (unpaired) electrons. The minimum atomic E-state index is -0.270. The fourth-order valence-corrected chi connectivity index (χ4v) is 3.71. The van der Waals surface area contributed by atoms with E-state index in [1.165, 1.54) is 17.4 Å². The van der Waals surface area contributed by atoms with Crippen LogP contribution in [0.4, 0.5) is 5.69 Å². The molecule has 0 saturated carbocycles. The van der Waals surface area contributed by atoms with Crippen molar-refractivity contribution in [2.24, 2.45) is 0 Å². The van der Waals surface area contributed by atoms with Gasteiger partial charge in [-0.2, -0.15) is 0 Å². The van der Waals surface area contributed by atoms with Crippen LogP contribution < -0.4 is 5.32 Å². The van der Waals surface area contributed by atoms with Crippen molar-refractivity contribution in [3.05, 3.63) is 77.3 Å². The van der Waals surface area contributed by atoms with Crippen molar-refractivity contribution in [1.29, 1.82) is 0 Å². The molecule has 0 aliphatic heterocycles. The summed E-state index contributed by atoms with van der Waals surface area (Å²) in [6, 6.07) is 19.4. The van der Waals surface area contributed by atoms with Gasteiger partial charge in [0.1, 0.15) is 10.8 Å². The van der Waals surface area contributed by atoms with Gasteiger partial charge in [-0.05, 0) is 48.5 Å². The molecule has 2 N–H and O–H groups in total. The number of fused-ring (bicyclic) bond motifs is 1. The SMILES string of the molecule is O=C(Nc1ccc(-c2nc3ccccc3s2)c(O)c1)c1ccc(Cl)cc1. The lowest BCUT2D eigenvalue weighted by molar-refractivity contribution is 0.102. The molecule has 0 spiro atoms. The third kappa shape index (κ3) is 3.27. The van der Waals surface area contributed by atoms with Crippen molar-refractivity contribution in [3.63, 3.8) is 0 Å². The van der Waals surface area contributed by atoms with Gasteiger partial charge in [0.25, 0.3) is 5.91 Å². The first-order valence-electron chi connectivity index (χ1n) is 7.86. The van der Waals surface area contributed by atoms with Gasteiger partial charge in [-0.1, -0.05) is 23.7 Å². The molecule has 3 aromatic carbocycles. The van der Waals surface area contributed by atoms with Gasteiger partial charge in [0.15, 0.2) is 0 Å². The summed E-state index contributed by atoms with van der Waals surface area (Å²) in [4.78, 5) is 16.8. The third-order valence-corrected chi connectivity index (χ3v) is 5.21. The maximum atomic E-state index is 12.3. The lowest BCUT2D eigenvalue weighted by Crippen LogP contribution is -2.11. The summed E-state index contributed by atoms with van der Waals surface area (Å²) in [7, 11) is 0. The average Bonchev–Trinajstić information content (AvgIpc) is 3.06. The molecule has 0 aliphatic carbocycles. The normalized spacial score (nSPS) is 10.8. The Labute approximate surface area is 158 Å². The molecule has 0 bridgehead atoms. The number of halogens is 1. The van der Waals surface area contributed by atoms with Crippen LogP contribution in [0.2, 0.25) is 5.02 Å². The molecule has 4 aromatic rings. The predicted molar refractivity (Wildman–Crippen MR) is 106 cm³/mol. The predicted octanol–water partition coefficient (Wildman–Crippen LogP) is 5.57. The maximum absolute atomic E-state index is 12.3. The molecule has 1 heterocycles. The summed E-state index contributed by atoms with van der Waals surface area (Å²) in [5.74, 6) is -0.202. The number of hydrogen-bond acceptors (Lipinski definition) is 4. The van der Waals surface area contributed by atoms with E-state index in [1.807, 2.05) is 24.3 Å². The molecule has 4 nitrogen and oxygen atoms in total. The highest BCUT2D eigenvalue weighted by Gasteiger charge is 2.12. The molecule has 0 atom stereocenters. The number of phenolic OH excluding ortho intramolecular Hbond substituents is 1. The number of amides is 1. The van der Waals surface area contributed by atoms with Crippen molar-refractivity contribution in [2.45, 2.75) is 0 Å². The first-order chi connectivity index (χ1) is 12.6. The molecule has 6 heteroatoms. The van der Waals surface area contributed by atoms with Crippen LogP contribution in [0.5, 0.6) is 5.75 Å². The lowest BCUT2D eigenvalue weighted by Gasteiger charge is -2.08. The van der Waals surface area contributed by atoms with Gasteiger partial charge in [0.2, 0.25) is 0 Å². The molecule has 0 aliphatic rings. The number of hydrogen-bond donors (Lipinski definition) is 2. The largest absolute Gasteiger partial charge is 0.507 e. The number of aromatic nitrogens is 1. The lowest BCUT2D eigenvalue weighted by atomic mass is 10.1. The van der Waals surface area contributed by atoms with E-state index in [9.17, 15) is 9.90 Å². The number of carbonyl (C=O) groups is 1. The van der Waals surface area contributed by atoms with E-state index in [2.05, 4.69) is 10.3 Å². The third-order valence-electron chi connectivity index (χ3n) is 3.89. The Balaban J connectivity index is 1.59. The van der Waals surface area contributed by atoms with Crippen molar-refractivity contribution < 1.29 is 9.90 Å². The number of nitrogens with zero attached hydrogens (tertiary/aromatic N) is 1. The molecule has 128 valence electrons. The quantitative estimate of drug-likeness (QED) is 0.488. The zero-order valence-electron chi connectivity index (χ0n) is 13.4. The number of para-hydroxylation sites is 1.